The average molecular weight is 269 g/mol. The van der Waals surface area contributed by atoms with E-state index in [4.69, 9.17) is 17.4 Å². The molecule has 0 fully saturated rings. The second-order valence-corrected chi connectivity index (χ2v) is 5.00. The second kappa shape index (κ2) is 5.55. The molecule has 2 aromatic rings. The zero-order valence-corrected chi connectivity index (χ0v) is 10.9. The molecule has 1 aromatic heterocycles. The summed E-state index contributed by atoms with van der Waals surface area (Å²) in [5, 5.41) is 4.73. The molecule has 90 valence electrons. The van der Waals surface area contributed by atoms with E-state index in [1.165, 1.54) is 11.5 Å². The third-order valence-electron chi connectivity index (χ3n) is 2.53. The fourth-order valence-corrected chi connectivity index (χ4v) is 2.60. The lowest BCUT2D eigenvalue weighted by atomic mass is 10.0. The minimum absolute atomic E-state index is 0.0217. The van der Waals surface area contributed by atoms with Crippen molar-refractivity contribution in [3.8, 4) is 0 Å². The SMILES string of the molecule is Cc1nnsc1C(Cc1cccc(Cl)c1)NN. The van der Waals surface area contributed by atoms with E-state index in [2.05, 4.69) is 15.0 Å². The van der Waals surface area contributed by atoms with E-state index >= 15 is 0 Å². The summed E-state index contributed by atoms with van der Waals surface area (Å²) in [6.07, 6.45) is 0.766. The molecule has 1 atom stereocenters. The number of nitrogens with one attached hydrogen (secondary N) is 1. The van der Waals surface area contributed by atoms with E-state index < -0.39 is 0 Å². The first-order valence-corrected chi connectivity index (χ1v) is 6.35. The van der Waals surface area contributed by atoms with E-state index in [1.54, 1.807) is 0 Å². The maximum atomic E-state index is 5.95. The Morgan fingerprint density at radius 1 is 1.53 bits per heavy atom. The molecule has 0 amide bonds. The highest BCUT2D eigenvalue weighted by Crippen LogP contribution is 2.23. The largest absolute Gasteiger partial charge is 0.271 e. The Kier molecular flexibility index (Phi) is 4.06. The Morgan fingerprint density at radius 3 is 2.94 bits per heavy atom. The molecule has 1 aromatic carbocycles. The van der Waals surface area contributed by atoms with Crippen molar-refractivity contribution in [3.63, 3.8) is 0 Å². The van der Waals surface area contributed by atoms with Gasteiger partial charge in [0.2, 0.25) is 0 Å². The van der Waals surface area contributed by atoms with Crippen molar-refractivity contribution in [2.24, 2.45) is 5.84 Å². The number of aryl methyl sites for hydroxylation is 1. The quantitative estimate of drug-likeness (QED) is 0.659. The van der Waals surface area contributed by atoms with Gasteiger partial charge in [-0.15, -0.1) is 5.10 Å². The minimum atomic E-state index is 0.0217. The summed E-state index contributed by atoms with van der Waals surface area (Å²) in [7, 11) is 0. The number of hydrogen-bond donors (Lipinski definition) is 2. The summed E-state index contributed by atoms with van der Waals surface area (Å²) in [5.74, 6) is 5.59. The summed E-state index contributed by atoms with van der Waals surface area (Å²) in [4.78, 5) is 1.06. The van der Waals surface area contributed by atoms with Crippen LogP contribution in [0.5, 0.6) is 0 Å². The van der Waals surface area contributed by atoms with E-state index in [-0.39, 0.29) is 6.04 Å². The molecule has 1 unspecified atom stereocenters. The highest BCUT2D eigenvalue weighted by atomic mass is 35.5. The van der Waals surface area contributed by atoms with Crippen LogP contribution in [0, 0.1) is 6.92 Å². The number of aromatic nitrogens is 2. The van der Waals surface area contributed by atoms with Crippen molar-refractivity contribution in [2.45, 2.75) is 19.4 Å². The summed E-state index contributed by atoms with van der Waals surface area (Å²) in [5.41, 5.74) is 4.85. The first-order valence-electron chi connectivity index (χ1n) is 5.20. The summed E-state index contributed by atoms with van der Waals surface area (Å²) < 4.78 is 3.92. The zero-order valence-electron chi connectivity index (χ0n) is 9.35. The maximum Gasteiger partial charge on any atom is 0.0773 e. The number of benzene rings is 1. The van der Waals surface area contributed by atoms with Crippen LogP contribution in [0.2, 0.25) is 5.02 Å². The molecular formula is C11H13ClN4S. The lowest BCUT2D eigenvalue weighted by Crippen LogP contribution is -2.29. The van der Waals surface area contributed by atoms with Crippen molar-refractivity contribution in [3.05, 3.63) is 45.4 Å². The molecule has 0 saturated carbocycles. The number of halogens is 1. The highest BCUT2D eigenvalue weighted by molar-refractivity contribution is 7.05. The molecule has 0 aliphatic carbocycles. The van der Waals surface area contributed by atoms with Crippen LogP contribution < -0.4 is 11.3 Å². The first kappa shape index (κ1) is 12.4. The van der Waals surface area contributed by atoms with Crippen LogP contribution in [0.3, 0.4) is 0 Å². The molecule has 17 heavy (non-hydrogen) atoms. The van der Waals surface area contributed by atoms with Crippen LogP contribution >= 0.6 is 23.1 Å². The van der Waals surface area contributed by atoms with Gasteiger partial charge in [-0.3, -0.25) is 11.3 Å². The van der Waals surface area contributed by atoms with Gasteiger partial charge in [-0.1, -0.05) is 28.2 Å². The van der Waals surface area contributed by atoms with Crippen molar-refractivity contribution in [1.29, 1.82) is 0 Å². The summed E-state index contributed by atoms with van der Waals surface area (Å²) >= 11 is 7.32. The van der Waals surface area contributed by atoms with Crippen LogP contribution in [0.4, 0.5) is 0 Å². The van der Waals surface area contributed by atoms with Crippen molar-refractivity contribution >= 4 is 23.1 Å². The van der Waals surface area contributed by atoms with E-state index in [0.29, 0.717) is 0 Å². The fourth-order valence-electron chi connectivity index (χ4n) is 1.68. The fraction of sp³-hybridized carbons (Fsp3) is 0.273. The molecule has 3 N–H and O–H groups in total. The van der Waals surface area contributed by atoms with Gasteiger partial charge in [-0.2, -0.15) is 0 Å². The van der Waals surface area contributed by atoms with Crippen molar-refractivity contribution in [1.82, 2.24) is 15.0 Å². The minimum Gasteiger partial charge on any atom is -0.271 e. The Labute approximate surface area is 109 Å². The third-order valence-corrected chi connectivity index (χ3v) is 3.71. The standard InChI is InChI=1S/C11H13ClN4S/c1-7-11(17-16-15-7)10(14-13)6-8-3-2-4-9(12)5-8/h2-5,10,14H,6,13H2,1H3. The average Bonchev–Trinajstić information content (AvgIpc) is 2.72. The summed E-state index contributed by atoms with van der Waals surface area (Å²) in [6, 6.07) is 7.78. The molecule has 1 heterocycles. The van der Waals surface area contributed by atoms with E-state index in [9.17, 15) is 0 Å². The topological polar surface area (TPSA) is 63.8 Å². The van der Waals surface area contributed by atoms with Gasteiger partial charge in [0.15, 0.2) is 0 Å². The maximum absolute atomic E-state index is 5.95. The van der Waals surface area contributed by atoms with Gasteiger partial charge in [0.05, 0.1) is 16.6 Å². The predicted molar refractivity (Wildman–Crippen MR) is 69.9 cm³/mol. The third kappa shape index (κ3) is 3.01. The normalized spacial score (nSPS) is 12.6. The molecule has 2 rings (SSSR count). The Balaban J connectivity index is 2.19. The lowest BCUT2D eigenvalue weighted by molar-refractivity contribution is 0.557. The van der Waals surface area contributed by atoms with E-state index in [0.717, 1.165) is 27.6 Å². The van der Waals surface area contributed by atoms with Crippen molar-refractivity contribution in [2.75, 3.05) is 0 Å². The molecule has 0 saturated heterocycles. The first-order chi connectivity index (χ1) is 8.20. The molecular weight excluding hydrogens is 256 g/mol. The predicted octanol–water partition coefficient (Wildman–Crippen LogP) is 2.25. The van der Waals surface area contributed by atoms with Gasteiger partial charge in [-0.25, -0.2) is 0 Å². The number of nitrogens with two attached hydrogens (primary N) is 1. The van der Waals surface area contributed by atoms with Crippen molar-refractivity contribution < 1.29 is 0 Å². The zero-order chi connectivity index (χ0) is 12.3. The van der Waals surface area contributed by atoms with Gasteiger partial charge >= 0.3 is 0 Å². The van der Waals surface area contributed by atoms with Gasteiger partial charge < -0.3 is 0 Å². The second-order valence-electron chi connectivity index (χ2n) is 3.78. The van der Waals surface area contributed by atoms with Crippen LogP contribution in [-0.4, -0.2) is 9.59 Å². The van der Waals surface area contributed by atoms with Gasteiger partial charge in [0, 0.05) is 5.02 Å². The monoisotopic (exact) mass is 268 g/mol. The molecule has 0 radical (unpaired) electrons. The van der Waals surface area contributed by atoms with Gasteiger partial charge in [0.25, 0.3) is 0 Å². The van der Waals surface area contributed by atoms with Crippen LogP contribution in [-0.2, 0) is 6.42 Å². The van der Waals surface area contributed by atoms with Gasteiger partial charge in [-0.05, 0) is 42.6 Å². The molecule has 4 nitrogen and oxygen atoms in total. The molecule has 0 spiro atoms. The lowest BCUT2D eigenvalue weighted by Gasteiger charge is -2.14. The number of nitrogens with zero attached hydrogens (tertiary/aromatic N) is 2. The molecule has 0 aliphatic rings. The van der Waals surface area contributed by atoms with Gasteiger partial charge in [0.1, 0.15) is 0 Å². The Bertz CT molecular complexity index is 500. The van der Waals surface area contributed by atoms with Crippen LogP contribution in [0.25, 0.3) is 0 Å². The van der Waals surface area contributed by atoms with E-state index in [1.807, 2.05) is 31.2 Å². The molecule has 0 bridgehead atoms. The molecule has 0 aliphatic heterocycles. The number of hydrogen-bond acceptors (Lipinski definition) is 5. The number of hydrazine groups is 1. The molecule has 6 heteroatoms. The summed E-state index contributed by atoms with van der Waals surface area (Å²) in [6.45, 7) is 1.93. The highest BCUT2D eigenvalue weighted by Gasteiger charge is 2.16. The smallest absolute Gasteiger partial charge is 0.0773 e. The van der Waals surface area contributed by atoms with Crippen LogP contribution in [0.15, 0.2) is 24.3 Å². The number of rotatable bonds is 4. The Hall–Kier alpha value is -1.01. The van der Waals surface area contributed by atoms with Crippen LogP contribution in [0.1, 0.15) is 22.2 Å². The Morgan fingerprint density at radius 2 is 2.35 bits per heavy atom.